The van der Waals surface area contributed by atoms with E-state index in [2.05, 4.69) is 4.90 Å². The van der Waals surface area contributed by atoms with Crippen molar-refractivity contribution in [2.75, 3.05) is 44.4 Å². The summed E-state index contributed by atoms with van der Waals surface area (Å²) in [6.07, 6.45) is 8.01. The monoisotopic (exact) mass is 586 g/mol. The van der Waals surface area contributed by atoms with E-state index in [0.29, 0.717) is 37.7 Å². The molecule has 3 aliphatic rings. The van der Waals surface area contributed by atoms with Gasteiger partial charge in [-0.15, -0.1) is 0 Å². The van der Waals surface area contributed by atoms with Gasteiger partial charge in [0.1, 0.15) is 0 Å². The first-order chi connectivity index (χ1) is 21.0. The number of amides is 2. The number of nitrogens with zero attached hydrogens (tertiary/aromatic N) is 4. The molecule has 10 nitrogen and oxygen atoms in total. The van der Waals surface area contributed by atoms with E-state index in [-0.39, 0.29) is 19.2 Å². The van der Waals surface area contributed by atoms with Crippen molar-refractivity contribution in [2.45, 2.75) is 45.3 Å². The van der Waals surface area contributed by atoms with Crippen LogP contribution in [-0.2, 0) is 21.0 Å². The summed E-state index contributed by atoms with van der Waals surface area (Å²) < 4.78 is 12.6. The zero-order valence-electron chi connectivity index (χ0n) is 24.3. The number of aromatic nitrogens is 1. The Labute approximate surface area is 251 Å². The first-order valence-corrected chi connectivity index (χ1v) is 15.2. The van der Waals surface area contributed by atoms with Gasteiger partial charge < -0.3 is 24.0 Å². The van der Waals surface area contributed by atoms with Crippen LogP contribution in [0.5, 0.6) is 0 Å². The summed E-state index contributed by atoms with van der Waals surface area (Å²) in [5.41, 5.74) is 4.28. The second kappa shape index (κ2) is 12.9. The van der Waals surface area contributed by atoms with Gasteiger partial charge in [0, 0.05) is 41.4 Å². The molecule has 0 bridgehead atoms. The van der Waals surface area contributed by atoms with Gasteiger partial charge in [-0.05, 0) is 69.3 Å². The first-order valence-electron chi connectivity index (χ1n) is 15.2. The highest BCUT2D eigenvalue weighted by Gasteiger charge is 2.33. The van der Waals surface area contributed by atoms with Crippen LogP contribution in [0.4, 0.5) is 15.3 Å². The predicted octanol–water partition coefficient (Wildman–Crippen LogP) is 5.86. The lowest BCUT2D eigenvalue weighted by atomic mass is 9.94. The highest BCUT2D eigenvalue weighted by molar-refractivity contribution is 6.36. The molecule has 226 valence electrons. The Morgan fingerprint density at radius 1 is 0.930 bits per heavy atom. The van der Waals surface area contributed by atoms with Crippen molar-refractivity contribution in [1.82, 2.24) is 14.4 Å². The molecule has 0 saturated carbocycles. The van der Waals surface area contributed by atoms with E-state index >= 15 is 0 Å². The SMILES string of the molecule is O=C(OCCC1CCN(C(=O)O)CC1)OCn1cc(/C=C2\C(=O)N(CN3CCCCC3)c3ccccc32)c2ccccc21. The summed E-state index contributed by atoms with van der Waals surface area (Å²) in [6.45, 7) is 3.84. The van der Waals surface area contributed by atoms with Gasteiger partial charge in [0.05, 0.1) is 24.5 Å². The van der Waals surface area contributed by atoms with Crippen LogP contribution in [0.25, 0.3) is 22.6 Å². The molecule has 3 aliphatic heterocycles. The number of fused-ring (bicyclic) bond motifs is 2. The molecule has 10 heteroatoms. The highest BCUT2D eigenvalue weighted by atomic mass is 16.7. The van der Waals surface area contributed by atoms with E-state index in [0.717, 1.165) is 66.5 Å². The number of hydrogen-bond donors (Lipinski definition) is 1. The van der Waals surface area contributed by atoms with Crippen molar-refractivity contribution in [1.29, 1.82) is 0 Å². The van der Waals surface area contributed by atoms with E-state index in [9.17, 15) is 14.4 Å². The molecule has 6 rings (SSSR count). The maximum Gasteiger partial charge on any atom is 0.510 e. The number of rotatable bonds is 8. The molecular weight excluding hydrogens is 548 g/mol. The topological polar surface area (TPSA) is 105 Å². The predicted molar refractivity (Wildman–Crippen MR) is 163 cm³/mol. The number of ether oxygens (including phenoxy) is 2. The van der Waals surface area contributed by atoms with Crippen molar-refractivity contribution >= 4 is 46.4 Å². The molecule has 0 unspecified atom stereocenters. The molecule has 2 fully saturated rings. The molecule has 2 saturated heterocycles. The number of carbonyl (C=O) groups is 3. The van der Waals surface area contributed by atoms with Crippen LogP contribution in [0.3, 0.4) is 0 Å². The Hall–Kier alpha value is -4.31. The zero-order valence-corrected chi connectivity index (χ0v) is 24.3. The van der Waals surface area contributed by atoms with Gasteiger partial charge in [-0.2, -0.15) is 0 Å². The molecule has 4 heterocycles. The summed E-state index contributed by atoms with van der Waals surface area (Å²) in [5, 5.41) is 10.1. The minimum Gasteiger partial charge on any atom is -0.465 e. The fourth-order valence-electron chi connectivity index (χ4n) is 6.43. The second-order valence-corrected chi connectivity index (χ2v) is 11.6. The third kappa shape index (κ3) is 6.39. The van der Waals surface area contributed by atoms with Gasteiger partial charge in [0.25, 0.3) is 5.91 Å². The number of carboxylic acid groups (broad SMARTS) is 1. The summed E-state index contributed by atoms with van der Waals surface area (Å²) in [7, 11) is 0. The van der Waals surface area contributed by atoms with E-state index < -0.39 is 12.2 Å². The lowest BCUT2D eigenvalue weighted by Crippen LogP contribution is -2.42. The summed E-state index contributed by atoms with van der Waals surface area (Å²) in [5.74, 6) is 0.323. The van der Waals surface area contributed by atoms with Gasteiger partial charge in [-0.3, -0.25) is 14.6 Å². The maximum absolute atomic E-state index is 13.8. The molecule has 2 aromatic carbocycles. The fourth-order valence-corrected chi connectivity index (χ4v) is 6.43. The number of para-hydroxylation sites is 2. The number of benzene rings is 2. The Kier molecular flexibility index (Phi) is 8.64. The summed E-state index contributed by atoms with van der Waals surface area (Å²) in [4.78, 5) is 42.9. The first kappa shape index (κ1) is 28.8. The van der Waals surface area contributed by atoms with Crippen LogP contribution in [0.1, 0.15) is 49.7 Å². The Morgan fingerprint density at radius 2 is 1.67 bits per heavy atom. The Morgan fingerprint density at radius 3 is 2.47 bits per heavy atom. The number of anilines is 1. The normalized spacial score (nSPS) is 18.8. The number of piperidine rings is 2. The molecule has 0 radical (unpaired) electrons. The standard InChI is InChI=1S/C33H38N4O6/c38-31-28(27-9-3-5-11-30(27)37(31)22-34-15-6-1-7-16-34)20-25-21-36(29-10-4-2-8-26(25)29)23-43-33(41)42-19-14-24-12-17-35(18-13-24)32(39)40/h2-5,8-11,20-21,24H,1,6-7,12-19,22-23H2,(H,39,40)/b28-20-. The average molecular weight is 587 g/mol. The van der Waals surface area contributed by atoms with Crippen molar-refractivity contribution in [3.63, 3.8) is 0 Å². The van der Waals surface area contributed by atoms with Gasteiger partial charge in [0.2, 0.25) is 0 Å². The Balaban J connectivity index is 1.12. The zero-order chi connectivity index (χ0) is 29.8. The van der Waals surface area contributed by atoms with Gasteiger partial charge in [0.15, 0.2) is 6.73 Å². The fraction of sp³-hybridized carbons (Fsp3) is 0.424. The second-order valence-electron chi connectivity index (χ2n) is 11.6. The van der Waals surface area contributed by atoms with Crippen LogP contribution in [0.15, 0.2) is 54.7 Å². The molecule has 1 N–H and O–H groups in total. The van der Waals surface area contributed by atoms with E-state index in [1.54, 1.807) is 0 Å². The highest BCUT2D eigenvalue weighted by Crippen LogP contribution is 2.39. The van der Waals surface area contributed by atoms with Gasteiger partial charge in [-0.25, -0.2) is 9.59 Å². The van der Waals surface area contributed by atoms with Crippen LogP contribution in [-0.4, -0.2) is 77.1 Å². The van der Waals surface area contributed by atoms with Crippen molar-refractivity contribution in [3.05, 3.63) is 65.9 Å². The number of likely N-dealkylation sites (tertiary alicyclic amines) is 2. The van der Waals surface area contributed by atoms with Crippen molar-refractivity contribution in [2.24, 2.45) is 5.92 Å². The summed E-state index contributed by atoms with van der Waals surface area (Å²) in [6, 6.07) is 15.8. The van der Waals surface area contributed by atoms with Gasteiger partial charge in [-0.1, -0.05) is 42.8 Å². The molecule has 43 heavy (non-hydrogen) atoms. The minimum atomic E-state index is -0.885. The van der Waals surface area contributed by atoms with Crippen LogP contribution >= 0.6 is 0 Å². The Bertz CT molecular complexity index is 1520. The maximum atomic E-state index is 13.8. The molecule has 0 spiro atoms. The molecular formula is C33H38N4O6. The van der Waals surface area contributed by atoms with Crippen LogP contribution in [0, 0.1) is 5.92 Å². The molecule has 0 aliphatic carbocycles. The minimum absolute atomic E-state index is 0.00272. The number of carbonyl (C=O) groups excluding carboxylic acids is 2. The molecule has 2 amide bonds. The lowest BCUT2D eigenvalue weighted by Gasteiger charge is -2.30. The largest absolute Gasteiger partial charge is 0.510 e. The van der Waals surface area contributed by atoms with Crippen LogP contribution in [0.2, 0.25) is 0 Å². The van der Waals surface area contributed by atoms with Crippen molar-refractivity contribution < 1.29 is 29.0 Å². The van der Waals surface area contributed by atoms with Crippen LogP contribution < -0.4 is 4.90 Å². The summed E-state index contributed by atoms with van der Waals surface area (Å²) >= 11 is 0. The molecule has 0 atom stereocenters. The lowest BCUT2D eigenvalue weighted by molar-refractivity contribution is -0.113. The molecule has 3 aromatic rings. The number of hydrogen-bond acceptors (Lipinski definition) is 6. The quantitative estimate of drug-likeness (QED) is 0.260. The van der Waals surface area contributed by atoms with E-state index in [1.165, 1.54) is 11.3 Å². The van der Waals surface area contributed by atoms with Crippen molar-refractivity contribution in [3.8, 4) is 0 Å². The van der Waals surface area contributed by atoms with E-state index in [4.69, 9.17) is 14.6 Å². The van der Waals surface area contributed by atoms with Gasteiger partial charge >= 0.3 is 12.2 Å². The smallest absolute Gasteiger partial charge is 0.465 e. The molecule has 1 aromatic heterocycles. The van der Waals surface area contributed by atoms with E-state index in [1.807, 2.05) is 70.3 Å². The third-order valence-electron chi connectivity index (χ3n) is 8.82. The third-order valence-corrected chi connectivity index (χ3v) is 8.82. The average Bonchev–Trinajstić information content (AvgIpc) is 3.51.